The van der Waals surface area contributed by atoms with Crippen molar-refractivity contribution in [2.24, 2.45) is 0 Å². The Morgan fingerprint density at radius 3 is 2.37 bits per heavy atom. The van der Waals surface area contributed by atoms with Crippen LogP contribution in [-0.4, -0.2) is 40.7 Å². The first-order chi connectivity index (χ1) is 8.95. The van der Waals surface area contributed by atoms with Gasteiger partial charge in [-0.1, -0.05) is 31.2 Å². The van der Waals surface area contributed by atoms with E-state index < -0.39 is 12.1 Å². The third-order valence-electron chi connectivity index (χ3n) is 3.56. The number of likely N-dealkylation sites (N-methyl/N-ethyl adjacent to an activating group) is 1. The minimum Gasteiger partial charge on any atom is -0.481 e. The molecule has 1 rings (SSSR count). The van der Waals surface area contributed by atoms with Crippen LogP contribution < -0.4 is 0 Å². The standard InChI is InChI=1S/C15H23NO3/c1-4-12-5-7-13(8-6-12)15(19)11(2)16(3)10-9-14(17)18/h5-8,11,15,19H,4,9-10H2,1-3H3,(H,17,18). The highest BCUT2D eigenvalue weighted by molar-refractivity contribution is 5.66. The number of nitrogens with zero attached hydrogens (tertiary/aromatic N) is 1. The summed E-state index contributed by atoms with van der Waals surface area (Å²) in [6.45, 7) is 4.43. The molecule has 0 bridgehead atoms. The van der Waals surface area contributed by atoms with Crippen LogP contribution in [0.15, 0.2) is 24.3 Å². The van der Waals surface area contributed by atoms with Crippen LogP contribution >= 0.6 is 0 Å². The van der Waals surface area contributed by atoms with Gasteiger partial charge in [-0.3, -0.25) is 4.79 Å². The van der Waals surface area contributed by atoms with Gasteiger partial charge in [-0.05, 0) is 31.5 Å². The Kier molecular flexibility index (Phi) is 5.99. The monoisotopic (exact) mass is 265 g/mol. The van der Waals surface area contributed by atoms with E-state index in [4.69, 9.17) is 5.11 Å². The van der Waals surface area contributed by atoms with Crippen molar-refractivity contribution in [1.82, 2.24) is 4.90 Å². The van der Waals surface area contributed by atoms with Crippen molar-refractivity contribution in [2.75, 3.05) is 13.6 Å². The number of aliphatic carboxylic acids is 1. The average molecular weight is 265 g/mol. The Hall–Kier alpha value is -1.39. The highest BCUT2D eigenvalue weighted by Gasteiger charge is 2.20. The second-order valence-electron chi connectivity index (χ2n) is 4.90. The number of hydrogen-bond acceptors (Lipinski definition) is 3. The van der Waals surface area contributed by atoms with E-state index in [9.17, 15) is 9.90 Å². The van der Waals surface area contributed by atoms with E-state index in [0.717, 1.165) is 12.0 Å². The minimum atomic E-state index is -0.819. The molecule has 0 spiro atoms. The quantitative estimate of drug-likeness (QED) is 0.792. The molecule has 0 saturated heterocycles. The number of benzene rings is 1. The van der Waals surface area contributed by atoms with Crippen LogP contribution in [0.4, 0.5) is 0 Å². The fourth-order valence-electron chi connectivity index (χ4n) is 1.95. The van der Waals surface area contributed by atoms with Crippen LogP contribution in [-0.2, 0) is 11.2 Å². The number of carboxylic acid groups (broad SMARTS) is 1. The highest BCUT2D eigenvalue weighted by Crippen LogP contribution is 2.20. The van der Waals surface area contributed by atoms with Crippen LogP contribution in [0, 0.1) is 0 Å². The third-order valence-corrected chi connectivity index (χ3v) is 3.56. The van der Waals surface area contributed by atoms with Gasteiger partial charge in [0.25, 0.3) is 0 Å². The van der Waals surface area contributed by atoms with Gasteiger partial charge in [0.15, 0.2) is 0 Å². The summed E-state index contributed by atoms with van der Waals surface area (Å²) in [6, 6.07) is 7.79. The lowest BCUT2D eigenvalue weighted by Gasteiger charge is -2.28. The summed E-state index contributed by atoms with van der Waals surface area (Å²) in [5.41, 5.74) is 2.11. The van der Waals surface area contributed by atoms with Crippen molar-refractivity contribution in [3.05, 3.63) is 35.4 Å². The van der Waals surface area contributed by atoms with Crippen molar-refractivity contribution < 1.29 is 15.0 Å². The smallest absolute Gasteiger partial charge is 0.304 e. The van der Waals surface area contributed by atoms with Gasteiger partial charge in [-0.15, -0.1) is 0 Å². The molecule has 2 unspecified atom stereocenters. The number of aliphatic hydroxyl groups is 1. The second-order valence-corrected chi connectivity index (χ2v) is 4.90. The van der Waals surface area contributed by atoms with Crippen molar-refractivity contribution in [3.8, 4) is 0 Å². The van der Waals surface area contributed by atoms with Crippen molar-refractivity contribution in [2.45, 2.75) is 38.8 Å². The summed E-state index contributed by atoms with van der Waals surface area (Å²) in [4.78, 5) is 12.4. The zero-order valence-electron chi connectivity index (χ0n) is 11.8. The molecule has 1 aromatic carbocycles. The molecule has 0 fully saturated rings. The van der Waals surface area contributed by atoms with Crippen LogP contribution in [0.2, 0.25) is 0 Å². The molecule has 0 aliphatic rings. The Morgan fingerprint density at radius 2 is 1.89 bits per heavy atom. The molecule has 2 N–H and O–H groups in total. The normalized spacial score (nSPS) is 14.4. The molecule has 4 heteroatoms. The van der Waals surface area contributed by atoms with E-state index in [1.807, 2.05) is 43.1 Å². The molecule has 0 amide bonds. The van der Waals surface area contributed by atoms with E-state index in [1.165, 1.54) is 5.56 Å². The Balaban J connectivity index is 2.63. The van der Waals surface area contributed by atoms with E-state index in [0.29, 0.717) is 6.54 Å². The molecule has 4 nitrogen and oxygen atoms in total. The van der Waals surface area contributed by atoms with E-state index >= 15 is 0 Å². The second kappa shape index (κ2) is 7.26. The Labute approximate surface area is 114 Å². The number of hydrogen-bond donors (Lipinski definition) is 2. The van der Waals surface area contributed by atoms with Gasteiger partial charge in [-0.2, -0.15) is 0 Å². The number of rotatable bonds is 7. The van der Waals surface area contributed by atoms with Gasteiger partial charge in [0.05, 0.1) is 12.5 Å². The van der Waals surface area contributed by atoms with Crippen LogP contribution in [0.1, 0.15) is 37.5 Å². The van der Waals surface area contributed by atoms with E-state index in [-0.39, 0.29) is 12.5 Å². The first kappa shape index (κ1) is 15.7. The lowest BCUT2D eigenvalue weighted by atomic mass is 10.0. The molecular weight excluding hydrogens is 242 g/mol. The SMILES string of the molecule is CCc1ccc(C(O)C(C)N(C)CCC(=O)O)cc1. The summed E-state index contributed by atoms with van der Waals surface area (Å²) in [7, 11) is 1.83. The maximum Gasteiger partial charge on any atom is 0.304 e. The van der Waals surface area contributed by atoms with E-state index in [2.05, 4.69) is 6.92 Å². The minimum absolute atomic E-state index is 0.0856. The lowest BCUT2D eigenvalue weighted by molar-refractivity contribution is -0.137. The predicted molar refractivity (Wildman–Crippen MR) is 75.1 cm³/mol. The molecule has 0 radical (unpaired) electrons. The highest BCUT2D eigenvalue weighted by atomic mass is 16.4. The van der Waals surface area contributed by atoms with Gasteiger partial charge in [0.2, 0.25) is 0 Å². The summed E-state index contributed by atoms with van der Waals surface area (Å²) in [6.07, 6.45) is 0.456. The fraction of sp³-hybridized carbons (Fsp3) is 0.533. The maximum atomic E-state index is 10.5. The summed E-state index contributed by atoms with van der Waals surface area (Å²) >= 11 is 0. The fourth-order valence-corrected chi connectivity index (χ4v) is 1.95. The molecule has 1 aromatic rings. The Morgan fingerprint density at radius 1 is 1.32 bits per heavy atom. The van der Waals surface area contributed by atoms with Gasteiger partial charge in [0, 0.05) is 12.6 Å². The van der Waals surface area contributed by atoms with Crippen LogP contribution in [0.25, 0.3) is 0 Å². The first-order valence-electron chi connectivity index (χ1n) is 6.64. The maximum absolute atomic E-state index is 10.5. The summed E-state index contributed by atoms with van der Waals surface area (Å²) in [5, 5.41) is 19.0. The van der Waals surface area contributed by atoms with Gasteiger partial charge >= 0.3 is 5.97 Å². The summed E-state index contributed by atoms with van der Waals surface area (Å²) in [5.74, 6) is -0.819. The third kappa shape index (κ3) is 4.65. The van der Waals surface area contributed by atoms with Crippen molar-refractivity contribution >= 4 is 5.97 Å². The number of carboxylic acids is 1. The number of aliphatic hydroxyl groups excluding tert-OH is 1. The zero-order chi connectivity index (χ0) is 14.4. The van der Waals surface area contributed by atoms with Crippen LogP contribution in [0.3, 0.4) is 0 Å². The molecule has 0 aromatic heterocycles. The summed E-state index contributed by atoms with van der Waals surface area (Å²) < 4.78 is 0. The molecule has 0 heterocycles. The Bertz CT molecular complexity index is 402. The average Bonchev–Trinajstić information content (AvgIpc) is 2.43. The molecular formula is C15H23NO3. The lowest BCUT2D eigenvalue weighted by Crippen LogP contribution is -2.35. The van der Waals surface area contributed by atoms with Crippen molar-refractivity contribution in [3.63, 3.8) is 0 Å². The largest absolute Gasteiger partial charge is 0.481 e. The first-order valence-corrected chi connectivity index (χ1v) is 6.64. The zero-order valence-corrected chi connectivity index (χ0v) is 11.8. The predicted octanol–water partition coefficient (Wildman–Crippen LogP) is 2.08. The number of aryl methyl sites for hydroxylation is 1. The number of carbonyl (C=O) groups is 1. The molecule has 2 atom stereocenters. The van der Waals surface area contributed by atoms with E-state index in [1.54, 1.807) is 0 Å². The molecule has 19 heavy (non-hydrogen) atoms. The van der Waals surface area contributed by atoms with Gasteiger partial charge in [0.1, 0.15) is 0 Å². The van der Waals surface area contributed by atoms with Gasteiger partial charge in [-0.25, -0.2) is 0 Å². The van der Waals surface area contributed by atoms with Crippen molar-refractivity contribution in [1.29, 1.82) is 0 Å². The van der Waals surface area contributed by atoms with Crippen LogP contribution in [0.5, 0.6) is 0 Å². The molecule has 0 aliphatic heterocycles. The molecule has 106 valence electrons. The molecule has 0 aliphatic carbocycles. The molecule has 0 saturated carbocycles. The van der Waals surface area contributed by atoms with Gasteiger partial charge < -0.3 is 15.1 Å². The topological polar surface area (TPSA) is 60.8 Å².